The number of hydrogen-bond donors (Lipinski definition) is 1. The number of nitrogens with zero attached hydrogens (tertiary/aromatic N) is 2. The monoisotopic (exact) mass is 311 g/mol. The van der Waals surface area contributed by atoms with Gasteiger partial charge in [0.15, 0.2) is 0 Å². The Labute approximate surface area is 125 Å². The highest BCUT2D eigenvalue weighted by Gasteiger charge is 2.09. The first kappa shape index (κ1) is 14.6. The molecule has 0 aliphatic heterocycles. The molecule has 7 heteroatoms. The first-order valence-electron chi connectivity index (χ1n) is 5.68. The predicted molar refractivity (Wildman–Crippen MR) is 76.2 cm³/mol. The van der Waals surface area contributed by atoms with E-state index in [2.05, 4.69) is 15.3 Å². The van der Waals surface area contributed by atoms with Crippen molar-refractivity contribution in [3.8, 4) is 5.88 Å². The summed E-state index contributed by atoms with van der Waals surface area (Å²) < 4.78 is 5.01. The number of carbonyl (C=O) groups excluding carboxylic acids is 1. The van der Waals surface area contributed by atoms with Gasteiger partial charge in [0, 0.05) is 25.0 Å². The molecule has 0 aliphatic carbocycles. The van der Waals surface area contributed by atoms with Crippen LogP contribution in [0.25, 0.3) is 0 Å². The molecule has 2 rings (SSSR count). The molecule has 2 heterocycles. The predicted octanol–water partition coefficient (Wildman–Crippen LogP) is 2.72. The molecule has 0 saturated heterocycles. The summed E-state index contributed by atoms with van der Waals surface area (Å²) in [7, 11) is 1.53. The Hall–Kier alpha value is -1.85. The Balaban J connectivity index is 2.02. The Kier molecular flexibility index (Phi) is 4.76. The summed E-state index contributed by atoms with van der Waals surface area (Å²) in [5, 5.41) is 3.16. The Morgan fingerprint density at radius 2 is 2.15 bits per heavy atom. The van der Waals surface area contributed by atoms with E-state index in [4.69, 9.17) is 27.9 Å². The maximum Gasteiger partial charge on any atom is 0.253 e. The minimum Gasteiger partial charge on any atom is -0.481 e. The van der Waals surface area contributed by atoms with E-state index in [-0.39, 0.29) is 16.1 Å². The van der Waals surface area contributed by atoms with Crippen molar-refractivity contribution in [3.63, 3.8) is 0 Å². The van der Waals surface area contributed by atoms with Crippen molar-refractivity contribution < 1.29 is 9.53 Å². The number of halogens is 2. The largest absolute Gasteiger partial charge is 0.481 e. The Morgan fingerprint density at radius 1 is 1.35 bits per heavy atom. The second kappa shape index (κ2) is 6.54. The van der Waals surface area contributed by atoms with Crippen molar-refractivity contribution >= 4 is 29.1 Å². The molecule has 2 aromatic heterocycles. The summed E-state index contributed by atoms with van der Waals surface area (Å²) in [5.41, 5.74) is 1.22. The van der Waals surface area contributed by atoms with Gasteiger partial charge in [0.25, 0.3) is 5.91 Å². The second-order valence-corrected chi connectivity index (χ2v) is 4.65. The molecule has 0 bridgehead atoms. The average molecular weight is 312 g/mol. The van der Waals surface area contributed by atoms with Crippen LogP contribution in [-0.2, 0) is 6.54 Å². The maximum atomic E-state index is 11.9. The third-order valence-corrected chi connectivity index (χ3v) is 3.21. The molecule has 0 fully saturated rings. The summed E-state index contributed by atoms with van der Waals surface area (Å²) in [6.07, 6.45) is 2.98. The van der Waals surface area contributed by atoms with Crippen molar-refractivity contribution in [1.29, 1.82) is 0 Å². The fourth-order valence-electron chi connectivity index (χ4n) is 1.50. The average Bonchev–Trinajstić information content (AvgIpc) is 2.47. The summed E-state index contributed by atoms with van der Waals surface area (Å²) in [5.74, 6) is 0.208. The molecule has 5 nitrogen and oxygen atoms in total. The van der Waals surface area contributed by atoms with Crippen molar-refractivity contribution in [2.75, 3.05) is 7.11 Å². The Bertz CT molecular complexity index is 635. The van der Waals surface area contributed by atoms with E-state index in [9.17, 15) is 4.79 Å². The molecular formula is C13H11Cl2N3O2. The molecule has 0 unspecified atom stereocenters. The molecule has 1 amide bonds. The number of aromatic nitrogens is 2. The molecule has 0 aromatic carbocycles. The molecule has 0 spiro atoms. The molecule has 0 saturated carbocycles. The molecule has 2 aromatic rings. The normalized spacial score (nSPS) is 10.2. The number of nitrogens with one attached hydrogen (secondary N) is 1. The fourth-order valence-corrected chi connectivity index (χ4v) is 1.77. The fraction of sp³-hybridized carbons (Fsp3) is 0.154. The lowest BCUT2D eigenvalue weighted by Crippen LogP contribution is -2.23. The third-order valence-electron chi connectivity index (χ3n) is 2.52. The maximum absolute atomic E-state index is 11.9. The van der Waals surface area contributed by atoms with E-state index < -0.39 is 0 Å². The SMILES string of the molecule is COc1cc(CNC(=O)c2cnc(Cl)c(Cl)c2)ccn1. The van der Waals surface area contributed by atoms with Crippen LogP contribution >= 0.6 is 23.2 Å². The molecule has 104 valence electrons. The third kappa shape index (κ3) is 3.59. The van der Waals surface area contributed by atoms with E-state index in [0.29, 0.717) is 18.0 Å². The van der Waals surface area contributed by atoms with Crippen LogP contribution in [0.15, 0.2) is 30.6 Å². The number of amides is 1. The first-order chi connectivity index (χ1) is 9.60. The molecule has 20 heavy (non-hydrogen) atoms. The van der Waals surface area contributed by atoms with Gasteiger partial charge in [-0.3, -0.25) is 4.79 Å². The van der Waals surface area contributed by atoms with Gasteiger partial charge < -0.3 is 10.1 Å². The smallest absolute Gasteiger partial charge is 0.253 e. The van der Waals surface area contributed by atoms with Gasteiger partial charge >= 0.3 is 0 Å². The minimum absolute atomic E-state index is 0.169. The van der Waals surface area contributed by atoms with Gasteiger partial charge in [0.05, 0.1) is 17.7 Å². The van der Waals surface area contributed by atoms with Crippen LogP contribution in [0.4, 0.5) is 0 Å². The van der Waals surface area contributed by atoms with E-state index in [1.165, 1.54) is 19.4 Å². The molecule has 1 N–H and O–H groups in total. The van der Waals surface area contributed by atoms with Gasteiger partial charge in [0.2, 0.25) is 5.88 Å². The van der Waals surface area contributed by atoms with Gasteiger partial charge in [0.1, 0.15) is 5.15 Å². The van der Waals surface area contributed by atoms with Crippen LogP contribution in [0, 0.1) is 0 Å². The van der Waals surface area contributed by atoms with Crippen molar-refractivity contribution in [3.05, 3.63) is 51.9 Å². The van der Waals surface area contributed by atoms with E-state index >= 15 is 0 Å². The van der Waals surface area contributed by atoms with Crippen LogP contribution in [0.1, 0.15) is 15.9 Å². The molecule has 0 atom stereocenters. The van der Waals surface area contributed by atoms with Crippen molar-refractivity contribution in [2.24, 2.45) is 0 Å². The number of carbonyl (C=O) groups is 1. The zero-order valence-electron chi connectivity index (χ0n) is 10.6. The summed E-state index contributed by atoms with van der Waals surface area (Å²) in [4.78, 5) is 19.7. The summed E-state index contributed by atoms with van der Waals surface area (Å²) in [6.45, 7) is 0.345. The highest BCUT2D eigenvalue weighted by Crippen LogP contribution is 2.19. The van der Waals surface area contributed by atoms with Crippen LogP contribution in [0.3, 0.4) is 0 Å². The van der Waals surface area contributed by atoms with Crippen LogP contribution in [0.2, 0.25) is 10.2 Å². The zero-order valence-corrected chi connectivity index (χ0v) is 12.1. The second-order valence-electron chi connectivity index (χ2n) is 3.89. The highest BCUT2D eigenvalue weighted by atomic mass is 35.5. The van der Waals surface area contributed by atoms with Gasteiger partial charge in [-0.1, -0.05) is 23.2 Å². The first-order valence-corrected chi connectivity index (χ1v) is 6.44. The zero-order chi connectivity index (χ0) is 14.5. The van der Waals surface area contributed by atoms with Crippen molar-refractivity contribution in [2.45, 2.75) is 6.54 Å². The lowest BCUT2D eigenvalue weighted by molar-refractivity contribution is 0.0950. The Morgan fingerprint density at radius 3 is 2.85 bits per heavy atom. The quantitative estimate of drug-likeness (QED) is 0.882. The highest BCUT2D eigenvalue weighted by molar-refractivity contribution is 6.41. The van der Waals surface area contributed by atoms with Crippen LogP contribution < -0.4 is 10.1 Å². The molecular weight excluding hydrogens is 301 g/mol. The topological polar surface area (TPSA) is 64.1 Å². The number of pyridine rings is 2. The van der Waals surface area contributed by atoms with Gasteiger partial charge in [-0.05, 0) is 17.7 Å². The van der Waals surface area contributed by atoms with E-state index in [1.54, 1.807) is 18.3 Å². The van der Waals surface area contributed by atoms with Crippen LogP contribution in [0.5, 0.6) is 5.88 Å². The standard InChI is InChI=1S/C13H11Cl2N3O2/c1-20-11-4-8(2-3-16-11)6-18-13(19)9-5-10(14)12(15)17-7-9/h2-5,7H,6H2,1H3,(H,18,19). The lowest BCUT2D eigenvalue weighted by atomic mass is 10.2. The van der Waals surface area contributed by atoms with Gasteiger partial charge in [-0.25, -0.2) is 9.97 Å². The number of rotatable bonds is 4. The van der Waals surface area contributed by atoms with E-state index in [0.717, 1.165) is 5.56 Å². The lowest BCUT2D eigenvalue weighted by Gasteiger charge is -2.07. The number of ether oxygens (including phenoxy) is 1. The number of hydrogen-bond acceptors (Lipinski definition) is 4. The minimum atomic E-state index is -0.285. The van der Waals surface area contributed by atoms with Gasteiger partial charge in [-0.2, -0.15) is 0 Å². The summed E-state index contributed by atoms with van der Waals surface area (Å²) in [6, 6.07) is 5.00. The molecule has 0 radical (unpaired) electrons. The van der Waals surface area contributed by atoms with Gasteiger partial charge in [-0.15, -0.1) is 0 Å². The number of methoxy groups -OCH3 is 1. The van der Waals surface area contributed by atoms with Crippen LogP contribution in [-0.4, -0.2) is 23.0 Å². The van der Waals surface area contributed by atoms with Crippen molar-refractivity contribution in [1.82, 2.24) is 15.3 Å². The molecule has 0 aliphatic rings. The summed E-state index contributed by atoms with van der Waals surface area (Å²) >= 11 is 11.5. The van der Waals surface area contributed by atoms with E-state index in [1.807, 2.05) is 0 Å².